The van der Waals surface area contributed by atoms with Gasteiger partial charge in [-0.05, 0) is 42.0 Å². The highest BCUT2D eigenvalue weighted by Gasteiger charge is 2.16. The highest BCUT2D eigenvalue weighted by molar-refractivity contribution is 7.99. The van der Waals surface area contributed by atoms with Crippen LogP contribution in [0.5, 0.6) is 0 Å². The van der Waals surface area contributed by atoms with Gasteiger partial charge in [0.05, 0.1) is 10.6 Å². The fourth-order valence-electron chi connectivity index (χ4n) is 2.22. The lowest BCUT2D eigenvalue weighted by molar-refractivity contribution is -0.384. The van der Waals surface area contributed by atoms with Crippen molar-refractivity contribution in [2.45, 2.75) is 24.3 Å². The summed E-state index contributed by atoms with van der Waals surface area (Å²) >= 11 is 1.45. The molecule has 0 bridgehead atoms. The molecule has 3 rings (SSSR count). The molecular formula is C16H15N5O2S. The summed E-state index contributed by atoms with van der Waals surface area (Å²) < 4.78 is 1.66. The van der Waals surface area contributed by atoms with E-state index in [0.29, 0.717) is 5.16 Å². The molecule has 1 heterocycles. The van der Waals surface area contributed by atoms with Gasteiger partial charge in [-0.1, -0.05) is 41.6 Å². The van der Waals surface area contributed by atoms with Crippen LogP contribution in [0.2, 0.25) is 0 Å². The summed E-state index contributed by atoms with van der Waals surface area (Å²) in [5, 5.41) is 23.4. The van der Waals surface area contributed by atoms with Gasteiger partial charge in [0.1, 0.15) is 0 Å². The van der Waals surface area contributed by atoms with E-state index in [4.69, 9.17) is 0 Å². The Morgan fingerprint density at radius 1 is 1.21 bits per heavy atom. The molecular weight excluding hydrogens is 326 g/mol. The fraction of sp³-hybridized carbons (Fsp3) is 0.188. The van der Waals surface area contributed by atoms with E-state index >= 15 is 0 Å². The molecule has 1 atom stereocenters. The molecule has 0 N–H and O–H groups in total. The lowest BCUT2D eigenvalue weighted by atomic mass is 10.1. The Labute approximate surface area is 142 Å². The molecule has 0 aliphatic rings. The first-order valence-electron chi connectivity index (χ1n) is 7.31. The third kappa shape index (κ3) is 3.43. The smallest absolute Gasteiger partial charge is 0.258 e. The van der Waals surface area contributed by atoms with Crippen molar-refractivity contribution in [2.24, 2.45) is 0 Å². The number of aryl methyl sites for hydroxylation is 1. The zero-order valence-electron chi connectivity index (χ0n) is 13.2. The van der Waals surface area contributed by atoms with Gasteiger partial charge in [0, 0.05) is 17.4 Å². The second-order valence-corrected chi connectivity index (χ2v) is 6.63. The maximum atomic E-state index is 10.9. The van der Waals surface area contributed by atoms with Crippen molar-refractivity contribution < 1.29 is 4.92 Å². The molecule has 0 fully saturated rings. The van der Waals surface area contributed by atoms with Crippen LogP contribution < -0.4 is 0 Å². The Balaban J connectivity index is 1.84. The normalized spacial score (nSPS) is 12.1. The van der Waals surface area contributed by atoms with Crippen molar-refractivity contribution in [3.63, 3.8) is 0 Å². The number of rotatable bonds is 5. The number of aromatic nitrogens is 4. The first-order chi connectivity index (χ1) is 11.5. The maximum absolute atomic E-state index is 10.9. The number of non-ortho nitro benzene ring substituents is 1. The third-order valence-electron chi connectivity index (χ3n) is 3.55. The average molecular weight is 341 g/mol. The van der Waals surface area contributed by atoms with Crippen LogP contribution in [0.25, 0.3) is 5.69 Å². The number of nitro groups is 1. The van der Waals surface area contributed by atoms with Crippen LogP contribution in [0.1, 0.15) is 23.3 Å². The van der Waals surface area contributed by atoms with Crippen LogP contribution in [0.15, 0.2) is 53.7 Å². The second kappa shape index (κ2) is 6.79. The molecule has 1 unspecified atom stereocenters. The van der Waals surface area contributed by atoms with Crippen LogP contribution >= 0.6 is 11.8 Å². The molecule has 0 saturated carbocycles. The van der Waals surface area contributed by atoms with Crippen molar-refractivity contribution >= 4 is 17.4 Å². The Hall–Kier alpha value is -2.74. The molecule has 0 amide bonds. The molecule has 0 saturated heterocycles. The third-order valence-corrected chi connectivity index (χ3v) is 4.64. The summed E-state index contributed by atoms with van der Waals surface area (Å²) in [7, 11) is 0. The molecule has 7 nitrogen and oxygen atoms in total. The molecule has 1 aromatic heterocycles. The SMILES string of the molecule is Cc1ccc(-n2nnnc2SC(C)c2cccc([N+](=O)[O-])c2)cc1. The number of thioether (sulfide) groups is 1. The number of hydrogen-bond acceptors (Lipinski definition) is 6. The minimum Gasteiger partial charge on any atom is -0.258 e. The molecule has 2 aromatic carbocycles. The van der Waals surface area contributed by atoms with Crippen LogP contribution in [0.3, 0.4) is 0 Å². The molecule has 0 radical (unpaired) electrons. The molecule has 8 heteroatoms. The molecule has 24 heavy (non-hydrogen) atoms. The monoisotopic (exact) mass is 341 g/mol. The van der Waals surface area contributed by atoms with Crippen molar-refractivity contribution in [1.82, 2.24) is 20.2 Å². The lowest BCUT2D eigenvalue weighted by Gasteiger charge is -2.11. The lowest BCUT2D eigenvalue weighted by Crippen LogP contribution is -2.00. The van der Waals surface area contributed by atoms with E-state index in [2.05, 4.69) is 15.5 Å². The zero-order valence-corrected chi connectivity index (χ0v) is 14.0. The van der Waals surface area contributed by atoms with Gasteiger partial charge in [0.25, 0.3) is 5.69 Å². The van der Waals surface area contributed by atoms with Gasteiger partial charge in [-0.25, -0.2) is 0 Å². The molecule has 122 valence electrons. The highest BCUT2D eigenvalue weighted by Crippen LogP contribution is 2.35. The Bertz CT molecular complexity index is 863. The van der Waals surface area contributed by atoms with E-state index in [0.717, 1.165) is 16.8 Å². The summed E-state index contributed by atoms with van der Waals surface area (Å²) in [5.41, 5.74) is 2.97. The summed E-state index contributed by atoms with van der Waals surface area (Å²) in [5.74, 6) is 0. The van der Waals surface area contributed by atoms with E-state index < -0.39 is 4.92 Å². The summed E-state index contributed by atoms with van der Waals surface area (Å²) in [6, 6.07) is 14.5. The molecule has 0 spiro atoms. The van der Waals surface area contributed by atoms with Gasteiger partial charge in [-0.2, -0.15) is 4.68 Å². The molecule has 0 aliphatic heterocycles. The van der Waals surface area contributed by atoms with Crippen LogP contribution in [-0.2, 0) is 0 Å². The van der Waals surface area contributed by atoms with Gasteiger partial charge >= 0.3 is 0 Å². The average Bonchev–Trinajstić information content (AvgIpc) is 3.03. The molecule has 0 aliphatic carbocycles. The zero-order chi connectivity index (χ0) is 17.1. The fourth-order valence-corrected chi connectivity index (χ4v) is 3.14. The summed E-state index contributed by atoms with van der Waals surface area (Å²) in [6.45, 7) is 3.99. The molecule has 3 aromatic rings. The summed E-state index contributed by atoms with van der Waals surface area (Å²) in [6.07, 6.45) is 0. The first-order valence-corrected chi connectivity index (χ1v) is 8.19. The van der Waals surface area contributed by atoms with E-state index in [-0.39, 0.29) is 10.9 Å². The number of benzene rings is 2. The van der Waals surface area contributed by atoms with Crippen molar-refractivity contribution in [1.29, 1.82) is 0 Å². The van der Waals surface area contributed by atoms with Crippen LogP contribution in [0.4, 0.5) is 5.69 Å². The predicted molar refractivity (Wildman–Crippen MR) is 91.3 cm³/mol. The summed E-state index contributed by atoms with van der Waals surface area (Å²) in [4.78, 5) is 10.5. The first kappa shape index (κ1) is 16.1. The largest absolute Gasteiger partial charge is 0.269 e. The van der Waals surface area contributed by atoms with Crippen LogP contribution in [0, 0.1) is 17.0 Å². The Morgan fingerprint density at radius 3 is 2.67 bits per heavy atom. The second-order valence-electron chi connectivity index (χ2n) is 5.32. The van der Waals surface area contributed by atoms with E-state index in [1.165, 1.54) is 17.8 Å². The number of nitrogens with zero attached hydrogens (tertiary/aromatic N) is 5. The van der Waals surface area contributed by atoms with Gasteiger partial charge < -0.3 is 0 Å². The van der Waals surface area contributed by atoms with Gasteiger partial charge in [0.15, 0.2) is 0 Å². The Kier molecular flexibility index (Phi) is 4.57. The van der Waals surface area contributed by atoms with Gasteiger partial charge in [-0.3, -0.25) is 10.1 Å². The van der Waals surface area contributed by atoms with Crippen molar-refractivity contribution in [3.8, 4) is 5.69 Å². The maximum Gasteiger partial charge on any atom is 0.269 e. The minimum atomic E-state index is -0.392. The quantitative estimate of drug-likeness (QED) is 0.399. The van der Waals surface area contributed by atoms with Gasteiger partial charge in [0.2, 0.25) is 5.16 Å². The van der Waals surface area contributed by atoms with E-state index in [1.54, 1.807) is 16.8 Å². The standard InChI is InChI=1S/C16H15N5O2S/c1-11-6-8-14(9-7-11)20-16(17-18-19-20)24-12(2)13-4-3-5-15(10-13)21(22)23/h3-10,12H,1-2H3. The van der Waals surface area contributed by atoms with E-state index in [1.807, 2.05) is 44.2 Å². The minimum absolute atomic E-state index is 0.0277. The van der Waals surface area contributed by atoms with E-state index in [9.17, 15) is 10.1 Å². The van der Waals surface area contributed by atoms with Crippen LogP contribution in [-0.4, -0.2) is 25.1 Å². The Morgan fingerprint density at radius 2 is 1.96 bits per heavy atom. The highest BCUT2D eigenvalue weighted by atomic mass is 32.2. The number of tetrazole rings is 1. The number of nitro benzene ring substituents is 1. The van der Waals surface area contributed by atoms with Gasteiger partial charge in [-0.15, -0.1) is 5.10 Å². The predicted octanol–water partition coefficient (Wildman–Crippen LogP) is 3.73. The topological polar surface area (TPSA) is 86.7 Å². The number of hydrogen-bond donors (Lipinski definition) is 0. The van der Waals surface area contributed by atoms with Crippen molar-refractivity contribution in [2.75, 3.05) is 0 Å². The van der Waals surface area contributed by atoms with Crippen molar-refractivity contribution in [3.05, 3.63) is 69.8 Å².